The molecule has 3 nitrogen and oxygen atoms in total. The molecule has 1 aromatic carbocycles. The van der Waals surface area contributed by atoms with E-state index in [0.717, 1.165) is 35.0 Å². The van der Waals surface area contributed by atoms with Gasteiger partial charge in [-0.05, 0) is 25.0 Å². The number of nitrogens with zero attached hydrogens (tertiary/aromatic N) is 2. The predicted octanol–water partition coefficient (Wildman–Crippen LogP) is 3.53. The summed E-state index contributed by atoms with van der Waals surface area (Å²) in [5.74, 6) is 1.06. The third kappa shape index (κ3) is 1.89. The smallest absolute Gasteiger partial charge is 0.136 e. The Hall–Kier alpha value is -1.48. The van der Waals surface area contributed by atoms with Crippen molar-refractivity contribution < 1.29 is 0 Å². The third-order valence-electron chi connectivity index (χ3n) is 3.50. The molecular formula is C14H16ClN3. The Morgan fingerprint density at radius 3 is 2.72 bits per heavy atom. The number of fused-ring (bicyclic) bond motifs is 1. The van der Waals surface area contributed by atoms with E-state index in [1.165, 1.54) is 18.2 Å². The van der Waals surface area contributed by atoms with Crippen molar-refractivity contribution in [2.24, 2.45) is 0 Å². The zero-order valence-corrected chi connectivity index (χ0v) is 11.2. The highest BCUT2D eigenvalue weighted by Gasteiger charge is 2.17. The van der Waals surface area contributed by atoms with Gasteiger partial charge in [-0.25, -0.2) is 4.98 Å². The molecule has 2 heterocycles. The van der Waals surface area contributed by atoms with Gasteiger partial charge in [-0.1, -0.05) is 17.7 Å². The highest BCUT2D eigenvalue weighted by atomic mass is 35.5. The van der Waals surface area contributed by atoms with E-state index in [1.54, 1.807) is 0 Å². The summed E-state index contributed by atoms with van der Waals surface area (Å²) in [4.78, 5) is 6.95. The molecule has 0 unspecified atom stereocenters. The fourth-order valence-electron chi connectivity index (χ4n) is 2.58. The lowest BCUT2D eigenvalue weighted by molar-refractivity contribution is 0.946. The number of anilines is 2. The van der Waals surface area contributed by atoms with Crippen LogP contribution in [0, 0.1) is 0 Å². The van der Waals surface area contributed by atoms with Gasteiger partial charge in [-0.15, -0.1) is 0 Å². The van der Waals surface area contributed by atoms with Gasteiger partial charge in [0.25, 0.3) is 0 Å². The molecule has 1 aliphatic heterocycles. The number of benzene rings is 1. The molecule has 0 saturated carbocycles. The van der Waals surface area contributed by atoms with Gasteiger partial charge in [0.15, 0.2) is 0 Å². The lowest BCUT2D eigenvalue weighted by Gasteiger charge is -2.19. The average molecular weight is 262 g/mol. The van der Waals surface area contributed by atoms with Gasteiger partial charge in [0.2, 0.25) is 0 Å². The molecule has 94 valence electrons. The molecular weight excluding hydrogens is 246 g/mol. The predicted molar refractivity (Wildman–Crippen MR) is 77.7 cm³/mol. The van der Waals surface area contributed by atoms with E-state index in [-0.39, 0.29) is 0 Å². The first-order chi connectivity index (χ1) is 8.79. The van der Waals surface area contributed by atoms with E-state index in [2.05, 4.69) is 21.3 Å². The van der Waals surface area contributed by atoms with Crippen molar-refractivity contribution in [1.82, 2.24) is 4.98 Å². The Labute approximate surface area is 112 Å². The van der Waals surface area contributed by atoms with Gasteiger partial charge in [0.1, 0.15) is 5.82 Å². The van der Waals surface area contributed by atoms with E-state index < -0.39 is 0 Å². The number of hydrogen-bond donors (Lipinski definition) is 1. The summed E-state index contributed by atoms with van der Waals surface area (Å²) in [6.45, 7) is 2.18. The zero-order chi connectivity index (χ0) is 12.5. The van der Waals surface area contributed by atoms with E-state index in [1.807, 2.05) is 25.4 Å². The lowest BCUT2D eigenvalue weighted by Crippen LogP contribution is -2.19. The Kier molecular flexibility index (Phi) is 3.00. The van der Waals surface area contributed by atoms with Crippen molar-refractivity contribution in [3.63, 3.8) is 0 Å². The molecule has 1 aromatic heterocycles. The molecule has 0 radical (unpaired) electrons. The van der Waals surface area contributed by atoms with Crippen LogP contribution in [-0.2, 0) is 0 Å². The second-order valence-corrected chi connectivity index (χ2v) is 5.07. The second-order valence-electron chi connectivity index (χ2n) is 4.63. The average Bonchev–Trinajstić information content (AvgIpc) is 2.91. The first-order valence-electron chi connectivity index (χ1n) is 6.30. The van der Waals surface area contributed by atoms with Crippen LogP contribution in [0.25, 0.3) is 10.8 Å². The Morgan fingerprint density at radius 1 is 1.22 bits per heavy atom. The van der Waals surface area contributed by atoms with Gasteiger partial charge in [-0.2, -0.15) is 0 Å². The number of halogens is 1. The lowest BCUT2D eigenvalue weighted by atomic mass is 10.1. The number of rotatable bonds is 2. The molecule has 4 heteroatoms. The summed E-state index contributed by atoms with van der Waals surface area (Å²) < 4.78 is 0. The molecule has 1 fully saturated rings. The quantitative estimate of drug-likeness (QED) is 0.896. The minimum atomic E-state index is 0.762. The summed E-state index contributed by atoms with van der Waals surface area (Å²) >= 11 is 6.13. The third-order valence-corrected chi connectivity index (χ3v) is 3.74. The van der Waals surface area contributed by atoms with E-state index in [0.29, 0.717) is 0 Å². The molecule has 0 amide bonds. The van der Waals surface area contributed by atoms with Crippen LogP contribution in [0.2, 0.25) is 5.02 Å². The number of nitrogens with one attached hydrogen (secondary N) is 1. The normalized spacial score (nSPS) is 15.3. The van der Waals surface area contributed by atoms with Crippen LogP contribution in [0.15, 0.2) is 24.4 Å². The van der Waals surface area contributed by atoms with Crippen molar-refractivity contribution in [2.45, 2.75) is 12.8 Å². The van der Waals surface area contributed by atoms with Crippen LogP contribution in [0.5, 0.6) is 0 Å². The van der Waals surface area contributed by atoms with Crippen LogP contribution in [-0.4, -0.2) is 25.1 Å². The number of aromatic nitrogens is 1. The SMILES string of the molecule is CNc1cnc(N2CCCC2)c2cc(Cl)ccc12. The largest absolute Gasteiger partial charge is 0.386 e. The molecule has 0 atom stereocenters. The first kappa shape index (κ1) is 11.6. The Balaban J connectivity index is 2.22. The van der Waals surface area contributed by atoms with Crippen molar-refractivity contribution in [2.75, 3.05) is 30.4 Å². The van der Waals surface area contributed by atoms with E-state index >= 15 is 0 Å². The van der Waals surface area contributed by atoms with Gasteiger partial charge in [0, 0.05) is 35.9 Å². The van der Waals surface area contributed by atoms with Crippen LogP contribution in [0.4, 0.5) is 11.5 Å². The molecule has 1 N–H and O–H groups in total. The molecule has 3 rings (SSSR count). The minimum absolute atomic E-state index is 0.762. The van der Waals surface area contributed by atoms with Gasteiger partial charge >= 0.3 is 0 Å². The van der Waals surface area contributed by atoms with Crippen LogP contribution < -0.4 is 10.2 Å². The highest BCUT2D eigenvalue weighted by molar-refractivity contribution is 6.31. The molecule has 18 heavy (non-hydrogen) atoms. The van der Waals surface area contributed by atoms with Gasteiger partial charge in [-0.3, -0.25) is 0 Å². The topological polar surface area (TPSA) is 28.2 Å². The molecule has 0 bridgehead atoms. The molecule has 2 aromatic rings. The van der Waals surface area contributed by atoms with Crippen molar-refractivity contribution in [3.05, 3.63) is 29.4 Å². The first-order valence-corrected chi connectivity index (χ1v) is 6.68. The van der Waals surface area contributed by atoms with Crippen LogP contribution >= 0.6 is 11.6 Å². The van der Waals surface area contributed by atoms with Gasteiger partial charge in [0.05, 0.1) is 11.9 Å². The summed E-state index contributed by atoms with van der Waals surface area (Å²) in [6.07, 6.45) is 4.40. The maximum atomic E-state index is 6.13. The molecule has 0 spiro atoms. The van der Waals surface area contributed by atoms with Crippen molar-refractivity contribution >= 4 is 33.9 Å². The zero-order valence-electron chi connectivity index (χ0n) is 10.4. The van der Waals surface area contributed by atoms with Crippen LogP contribution in [0.1, 0.15) is 12.8 Å². The summed E-state index contributed by atoms with van der Waals surface area (Å²) in [5.41, 5.74) is 1.05. The fourth-order valence-corrected chi connectivity index (χ4v) is 2.75. The Bertz CT molecular complexity index is 577. The molecule has 1 aliphatic rings. The maximum Gasteiger partial charge on any atom is 0.136 e. The maximum absolute atomic E-state index is 6.13. The monoisotopic (exact) mass is 261 g/mol. The summed E-state index contributed by atoms with van der Waals surface area (Å²) in [7, 11) is 1.92. The minimum Gasteiger partial charge on any atom is -0.386 e. The van der Waals surface area contributed by atoms with E-state index in [4.69, 9.17) is 11.6 Å². The fraction of sp³-hybridized carbons (Fsp3) is 0.357. The van der Waals surface area contributed by atoms with Crippen molar-refractivity contribution in [3.8, 4) is 0 Å². The summed E-state index contributed by atoms with van der Waals surface area (Å²) in [5, 5.41) is 6.26. The van der Waals surface area contributed by atoms with Gasteiger partial charge < -0.3 is 10.2 Å². The number of hydrogen-bond acceptors (Lipinski definition) is 3. The highest BCUT2D eigenvalue weighted by Crippen LogP contribution is 2.33. The van der Waals surface area contributed by atoms with Crippen LogP contribution in [0.3, 0.4) is 0 Å². The molecule has 0 aliphatic carbocycles. The standard InChI is InChI=1S/C14H16ClN3/c1-16-13-9-17-14(18-6-2-3-7-18)12-8-10(15)4-5-11(12)13/h4-5,8-9,16H,2-3,6-7H2,1H3. The van der Waals surface area contributed by atoms with E-state index in [9.17, 15) is 0 Å². The van der Waals surface area contributed by atoms with Crippen molar-refractivity contribution in [1.29, 1.82) is 0 Å². The molecule has 1 saturated heterocycles. The summed E-state index contributed by atoms with van der Waals surface area (Å²) in [6, 6.07) is 6.00. The second kappa shape index (κ2) is 4.65. The Morgan fingerprint density at radius 2 is 2.00 bits per heavy atom. The number of pyridine rings is 1.